The van der Waals surface area contributed by atoms with Crippen LogP contribution in [0.2, 0.25) is 0 Å². The average molecular weight is 644 g/mol. The molecular formula is C34H37F4N3O5. The maximum Gasteiger partial charge on any atom is 0.323 e. The van der Waals surface area contributed by atoms with Crippen molar-refractivity contribution in [2.24, 2.45) is 5.92 Å². The number of nitrogens with zero attached hydrogens (tertiary/aromatic N) is 1. The number of anilines is 1. The molecule has 0 amide bonds. The summed E-state index contributed by atoms with van der Waals surface area (Å²) in [5.41, 5.74) is 3.28. The normalized spacial score (nSPS) is 16.3. The van der Waals surface area contributed by atoms with Crippen molar-refractivity contribution in [1.29, 1.82) is 0 Å². The van der Waals surface area contributed by atoms with Gasteiger partial charge in [0.2, 0.25) is 0 Å². The average Bonchev–Trinajstić information content (AvgIpc) is 3.53. The fraction of sp³-hybridized carbons (Fsp3) is 0.441. The Morgan fingerprint density at radius 2 is 1.52 bits per heavy atom. The zero-order valence-corrected chi connectivity index (χ0v) is 25.3. The Hall–Kier alpha value is -4.19. The summed E-state index contributed by atoms with van der Waals surface area (Å²) in [6.07, 6.45) is 9.52. The number of nitrogens with one attached hydrogen (secondary N) is 1. The van der Waals surface area contributed by atoms with Crippen molar-refractivity contribution >= 4 is 17.6 Å². The van der Waals surface area contributed by atoms with Crippen molar-refractivity contribution in [3.63, 3.8) is 0 Å². The second-order valence-corrected chi connectivity index (χ2v) is 11.9. The molecule has 0 radical (unpaired) electrons. The van der Waals surface area contributed by atoms with Gasteiger partial charge < -0.3 is 20.5 Å². The van der Waals surface area contributed by atoms with Crippen molar-refractivity contribution in [3.8, 4) is 11.4 Å². The van der Waals surface area contributed by atoms with Gasteiger partial charge in [-0.25, -0.2) is 17.6 Å². The summed E-state index contributed by atoms with van der Waals surface area (Å²) in [6, 6.07) is 5.51. The largest absolute Gasteiger partial charge is 0.493 e. The van der Waals surface area contributed by atoms with Crippen LogP contribution in [0.1, 0.15) is 80.1 Å². The molecule has 0 spiro atoms. The van der Waals surface area contributed by atoms with E-state index < -0.39 is 63.3 Å². The van der Waals surface area contributed by atoms with Crippen LogP contribution >= 0.6 is 0 Å². The number of ether oxygens (including phenoxy) is 2. The van der Waals surface area contributed by atoms with E-state index in [4.69, 9.17) is 15.2 Å². The highest BCUT2D eigenvalue weighted by molar-refractivity contribution is 6.11. The Bertz CT molecular complexity index is 1610. The number of hydrogen-bond donors (Lipinski definition) is 2. The molecule has 3 N–H and O–H groups in total. The van der Waals surface area contributed by atoms with Crippen molar-refractivity contribution in [3.05, 3.63) is 87.2 Å². The van der Waals surface area contributed by atoms with E-state index in [9.17, 15) is 23.2 Å². The van der Waals surface area contributed by atoms with Crippen LogP contribution in [0.4, 0.5) is 23.4 Å². The van der Waals surface area contributed by atoms with Crippen LogP contribution in [0.15, 0.2) is 47.3 Å². The Labute approximate surface area is 263 Å². The van der Waals surface area contributed by atoms with Crippen molar-refractivity contribution in [1.82, 2.24) is 9.88 Å². The highest BCUT2D eigenvalue weighted by atomic mass is 19.1. The third-order valence-electron chi connectivity index (χ3n) is 8.68. The topological polar surface area (TPSA) is 113 Å². The number of ketones is 1. The fourth-order valence-electron chi connectivity index (χ4n) is 6.31. The Balaban J connectivity index is 1.24. The van der Waals surface area contributed by atoms with Crippen molar-refractivity contribution < 1.29 is 36.6 Å². The smallest absolute Gasteiger partial charge is 0.323 e. The number of esters is 1. The molecule has 8 nitrogen and oxygen atoms in total. The van der Waals surface area contributed by atoms with Crippen LogP contribution in [0.25, 0.3) is 5.69 Å². The van der Waals surface area contributed by atoms with Gasteiger partial charge in [0.05, 0.1) is 17.7 Å². The van der Waals surface area contributed by atoms with Crippen molar-refractivity contribution in [2.45, 2.75) is 76.4 Å². The minimum absolute atomic E-state index is 0.0246. The molecular weight excluding hydrogens is 606 g/mol. The van der Waals surface area contributed by atoms with Gasteiger partial charge in [-0.3, -0.25) is 19.0 Å². The molecule has 2 aliphatic carbocycles. The van der Waals surface area contributed by atoms with Gasteiger partial charge in [-0.1, -0.05) is 19.3 Å². The molecule has 2 fully saturated rings. The number of carbonyl (C=O) groups is 2. The first-order valence-corrected chi connectivity index (χ1v) is 15.7. The first-order chi connectivity index (χ1) is 22.1. The van der Waals surface area contributed by atoms with E-state index in [0.29, 0.717) is 23.6 Å². The van der Waals surface area contributed by atoms with Crippen LogP contribution in [-0.4, -0.2) is 41.6 Å². The minimum Gasteiger partial charge on any atom is -0.493 e. The second kappa shape index (κ2) is 14.9. The van der Waals surface area contributed by atoms with Gasteiger partial charge in [-0.15, -0.1) is 0 Å². The highest BCUT2D eigenvalue weighted by Gasteiger charge is 2.32. The van der Waals surface area contributed by atoms with Gasteiger partial charge in [0.1, 0.15) is 41.0 Å². The predicted octanol–water partition coefficient (Wildman–Crippen LogP) is 6.00. The number of carbonyl (C=O) groups excluding carboxylic acids is 2. The van der Waals surface area contributed by atoms with Gasteiger partial charge in [-0.05, 0) is 75.6 Å². The highest BCUT2D eigenvalue weighted by Crippen LogP contribution is 2.30. The molecule has 2 saturated carbocycles. The number of halogens is 4. The molecule has 0 aliphatic heterocycles. The molecule has 246 valence electrons. The van der Waals surface area contributed by atoms with Gasteiger partial charge in [-0.2, -0.15) is 0 Å². The van der Waals surface area contributed by atoms with Crippen LogP contribution in [0.3, 0.4) is 0 Å². The number of rotatable bonds is 12. The maximum absolute atomic E-state index is 15.3. The SMILES string of the molecule is Nc1c(C(=O)c2ccc(F)cc2F)ccc(=O)n1-c1c(F)cc(OCCCNC(C(=O)OC2CCCC2)C2CCCCC2)cc1F. The molecule has 2 aliphatic rings. The van der Waals surface area contributed by atoms with E-state index in [2.05, 4.69) is 5.32 Å². The lowest BCUT2D eigenvalue weighted by atomic mass is 9.84. The predicted molar refractivity (Wildman–Crippen MR) is 163 cm³/mol. The first kappa shape index (κ1) is 33.2. The van der Waals surface area contributed by atoms with Crippen LogP contribution in [0, 0.1) is 29.2 Å². The van der Waals surface area contributed by atoms with Gasteiger partial charge in [0, 0.05) is 24.3 Å². The molecule has 2 aromatic carbocycles. The number of nitrogen functional groups attached to an aromatic ring is 1. The molecule has 1 aromatic heterocycles. The van der Waals surface area contributed by atoms with E-state index in [1.807, 2.05) is 0 Å². The molecule has 5 rings (SSSR count). The lowest BCUT2D eigenvalue weighted by molar-refractivity contribution is -0.153. The number of hydrogen-bond acceptors (Lipinski definition) is 7. The number of pyridine rings is 1. The van der Waals surface area contributed by atoms with Gasteiger partial charge in [0.15, 0.2) is 17.4 Å². The zero-order valence-electron chi connectivity index (χ0n) is 25.3. The van der Waals surface area contributed by atoms with Crippen molar-refractivity contribution in [2.75, 3.05) is 18.9 Å². The van der Waals surface area contributed by atoms with E-state index in [1.54, 1.807) is 0 Å². The number of benzene rings is 2. The Kier molecular flexibility index (Phi) is 10.8. The van der Waals surface area contributed by atoms with Gasteiger partial charge >= 0.3 is 5.97 Å². The summed E-state index contributed by atoms with van der Waals surface area (Å²) in [4.78, 5) is 38.6. The summed E-state index contributed by atoms with van der Waals surface area (Å²) in [5, 5.41) is 3.32. The second-order valence-electron chi connectivity index (χ2n) is 11.9. The zero-order chi connectivity index (χ0) is 32.8. The summed E-state index contributed by atoms with van der Waals surface area (Å²) >= 11 is 0. The molecule has 1 atom stereocenters. The van der Waals surface area contributed by atoms with E-state index >= 15 is 8.78 Å². The minimum atomic E-state index is -1.19. The monoisotopic (exact) mass is 643 g/mol. The molecule has 46 heavy (non-hydrogen) atoms. The molecule has 12 heteroatoms. The molecule has 0 bridgehead atoms. The molecule has 3 aromatic rings. The summed E-state index contributed by atoms with van der Waals surface area (Å²) < 4.78 is 70.0. The third kappa shape index (κ3) is 7.60. The standard InChI is InChI=1S/C34H37F4N3O5/c35-21-11-12-24(26(36)17-21)32(43)25-13-14-29(42)41(33(25)39)31-27(37)18-23(19-28(31)38)45-16-6-15-40-30(20-7-2-1-3-8-20)34(44)46-22-9-4-5-10-22/h11-14,17-20,22,30,40H,1-10,15-16,39H2. The summed E-state index contributed by atoms with van der Waals surface area (Å²) in [6.45, 7) is 0.501. The van der Waals surface area contributed by atoms with Crippen LogP contribution in [-0.2, 0) is 9.53 Å². The van der Waals surface area contributed by atoms with E-state index in [1.165, 1.54) is 0 Å². The molecule has 0 saturated heterocycles. The molecule has 1 unspecified atom stereocenters. The number of aromatic nitrogens is 1. The lowest BCUT2D eigenvalue weighted by Gasteiger charge is -2.30. The van der Waals surface area contributed by atoms with Crippen LogP contribution < -0.4 is 21.3 Å². The Morgan fingerprint density at radius 1 is 0.870 bits per heavy atom. The van der Waals surface area contributed by atoms with E-state index in [-0.39, 0.29) is 30.3 Å². The van der Waals surface area contributed by atoms with E-state index in [0.717, 1.165) is 94.2 Å². The number of nitrogens with two attached hydrogens (primary N) is 1. The quantitative estimate of drug-likeness (QED) is 0.108. The third-order valence-corrected chi connectivity index (χ3v) is 8.68. The Morgan fingerprint density at radius 3 is 2.20 bits per heavy atom. The lowest BCUT2D eigenvalue weighted by Crippen LogP contribution is -2.46. The summed E-state index contributed by atoms with van der Waals surface area (Å²) in [7, 11) is 0. The van der Waals surface area contributed by atoms with Gasteiger partial charge in [0.25, 0.3) is 5.56 Å². The summed E-state index contributed by atoms with van der Waals surface area (Å²) in [5.74, 6) is -6.25. The van der Waals surface area contributed by atoms with Crippen LogP contribution in [0.5, 0.6) is 5.75 Å². The first-order valence-electron chi connectivity index (χ1n) is 15.7. The maximum atomic E-state index is 15.3. The fourth-order valence-corrected chi connectivity index (χ4v) is 6.31. The molecule has 1 heterocycles.